The molecule has 0 saturated heterocycles. The minimum atomic E-state index is -1.03. The van der Waals surface area contributed by atoms with E-state index in [2.05, 4.69) is 26.6 Å². The van der Waals surface area contributed by atoms with Crippen molar-refractivity contribution in [2.45, 2.75) is 13.3 Å². The highest BCUT2D eigenvalue weighted by atomic mass is 79.9. The number of hydrogen-bond acceptors (Lipinski definition) is 3. The van der Waals surface area contributed by atoms with Crippen molar-refractivity contribution >= 4 is 33.5 Å². The minimum Gasteiger partial charge on any atom is -0.478 e. The Hall–Kier alpha value is -1.40. The van der Waals surface area contributed by atoms with Gasteiger partial charge in [-0.15, -0.1) is 0 Å². The molecular weight excluding hydrogens is 300 g/mol. The van der Waals surface area contributed by atoms with Crippen molar-refractivity contribution in [2.24, 2.45) is 0 Å². The SMILES string of the molecule is CCCNCC(=O)Nc1cc(Br)cc(C(=O)O)c1. The topological polar surface area (TPSA) is 78.4 Å². The maximum absolute atomic E-state index is 11.5. The number of anilines is 1. The lowest BCUT2D eigenvalue weighted by Gasteiger charge is -2.07. The summed E-state index contributed by atoms with van der Waals surface area (Å²) < 4.78 is 0.610. The molecule has 1 amide bonds. The molecule has 5 nitrogen and oxygen atoms in total. The molecule has 0 aliphatic rings. The van der Waals surface area contributed by atoms with E-state index in [1.54, 1.807) is 6.07 Å². The molecule has 1 rings (SSSR count). The molecule has 0 fully saturated rings. The first kappa shape index (κ1) is 14.7. The lowest BCUT2D eigenvalue weighted by Crippen LogP contribution is -2.28. The van der Waals surface area contributed by atoms with E-state index in [0.717, 1.165) is 13.0 Å². The molecule has 0 bridgehead atoms. The predicted octanol–water partition coefficient (Wildman–Crippen LogP) is 2.09. The number of nitrogens with one attached hydrogen (secondary N) is 2. The smallest absolute Gasteiger partial charge is 0.335 e. The molecule has 1 aromatic rings. The van der Waals surface area contributed by atoms with Gasteiger partial charge in [-0.2, -0.15) is 0 Å². The van der Waals surface area contributed by atoms with E-state index in [1.807, 2.05) is 6.92 Å². The third kappa shape index (κ3) is 4.85. The molecule has 6 heteroatoms. The molecule has 0 saturated carbocycles. The summed E-state index contributed by atoms with van der Waals surface area (Å²) in [6.45, 7) is 2.99. The number of rotatable bonds is 6. The maximum atomic E-state index is 11.5. The lowest BCUT2D eigenvalue weighted by atomic mass is 10.2. The number of carbonyl (C=O) groups is 2. The summed E-state index contributed by atoms with van der Waals surface area (Å²) >= 11 is 3.20. The van der Waals surface area contributed by atoms with Gasteiger partial charge in [-0.3, -0.25) is 4.79 Å². The molecule has 0 atom stereocenters. The molecule has 0 aliphatic carbocycles. The highest BCUT2D eigenvalue weighted by Crippen LogP contribution is 2.19. The molecule has 0 spiro atoms. The van der Waals surface area contributed by atoms with E-state index in [0.29, 0.717) is 10.2 Å². The van der Waals surface area contributed by atoms with E-state index in [-0.39, 0.29) is 18.0 Å². The van der Waals surface area contributed by atoms with Crippen molar-refractivity contribution in [1.29, 1.82) is 0 Å². The summed E-state index contributed by atoms with van der Waals surface area (Å²) in [5, 5.41) is 14.5. The second-order valence-corrected chi connectivity index (χ2v) is 4.67. The number of aromatic carboxylic acids is 1. The van der Waals surface area contributed by atoms with Gasteiger partial charge in [0, 0.05) is 10.2 Å². The van der Waals surface area contributed by atoms with Crippen LogP contribution in [0.3, 0.4) is 0 Å². The van der Waals surface area contributed by atoms with Gasteiger partial charge in [0.1, 0.15) is 0 Å². The fraction of sp³-hybridized carbons (Fsp3) is 0.333. The van der Waals surface area contributed by atoms with Crippen molar-refractivity contribution in [1.82, 2.24) is 5.32 Å². The van der Waals surface area contributed by atoms with Crippen LogP contribution >= 0.6 is 15.9 Å². The van der Waals surface area contributed by atoms with Gasteiger partial charge < -0.3 is 15.7 Å². The lowest BCUT2D eigenvalue weighted by molar-refractivity contribution is -0.115. The second-order valence-electron chi connectivity index (χ2n) is 3.76. The van der Waals surface area contributed by atoms with Gasteiger partial charge in [0.2, 0.25) is 5.91 Å². The van der Waals surface area contributed by atoms with Crippen LogP contribution in [0.4, 0.5) is 5.69 Å². The zero-order chi connectivity index (χ0) is 13.5. The quantitative estimate of drug-likeness (QED) is 0.702. The molecule has 18 heavy (non-hydrogen) atoms. The molecule has 98 valence electrons. The molecule has 0 aliphatic heterocycles. The zero-order valence-corrected chi connectivity index (χ0v) is 11.6. The third-order valence-electron chi connectivity index (χ3n) is 2.14. The van der Waals surface area contributed by atoms with E-state index < -0.39 is 5.97 Å². The standard InChI is InChI=1S/C12H15BrN2O3/c1-2-3-14-7-11(16)15-10-5-8(12(17)18)4-9(13)6-10/h4-6,14H,2-3,7H2,1H3,(H,15,16)(H,17,18). The summed E-state index contributed by atoms with van der Waals surface area (Å²) in [7, 11) is 0. The molecule has 0 heterocycles. The predicted molar refractivity (Wildman–Crippen MR) is 72.9 cm³/mol. The van der Waals surface area contributed by atoms with E-state index in [1.165, 1.54) is 12.1 Å². The number of halogens is 1. The van der Waals surface area contributed by atoms with Crippen LogP contribution in [-0.2, 0) is 4.79 Å². The van der Waals surface area contributed by atoms with Crippen LogP contribution in [0.1, 0.15) is 23.7 Å². The third-order valence-corrected chi connectivity index (χ3v) is 2.60. The monoisotopic (exact) mass is 314 g/mol. The van der Waals surface area contributed by atoms with Gasteiger partial charge in [0.15, 0.2) is 0 Å². The van der Waals surface area contributed by atoms with Crippen LogP contribution in [0.25, 0.3) is 0 Å². The molecule has 0 aromatic heterocycles. The Morgan fingerprint density at radius 3 is 2.67 bits per heavy atom. The van der Waals surface area contributed by atoms with Crippen molar-refractivity contribution in [3.63, 3.8) is 0 Å². The summed E-state index contributed by atoms with van der Waals surface area (Å²) in [6, 6.07) is 4.56. The first-order chi connectivity index (χ1) is 8.52. The first-order valence-corrected chi connectivity index (χ1v) is 6.36. The Morgan fingerprint density at radius 2 is 2.06 bits per heavy atom. The molecular formula is C12H15BrN2O3. The van der Waals surface area contributed by atoms with Crippen molar-refractivity contribution in [3.05, 3.63) is 28.2 Å². The van der Waals surface area contributed by atoms with Crippen LogP contribution in [-0.4, -0.2) is 30.1 Å². The number of carbonyl (C=O) groups excluding carboxylic acids is 1. The van der Waals surface area contributed by atoms with Crippen LogP contribution in [0.5, 0.6) is 0 Å². The number of benzene rings is 1. The highest BCUT2D eigenvalue weighted by Gasteiger charge is 2.08. The Bertz CT molecular complexity index is 449. The zero-order valence-electron chi connectivity index (χ0n) is 10.00. The van der Waals surface area contributed by atoms with Crippen molar-refractivity contribution in [3.8, 4) is 0 Å². The van der Waals surface area contributed by atoms with Crippen LogP contribution < -0.4 is 10.6 Å². The Morgan fingerprint density at radius 1 is 1.33 bits per heavy atom. The van der Waals surface area contributed by atoms with Crippen molar-refractivity contribution < 1.29 is 14.7 Å². The number of carboxylic acid groups (broad SMARTS) is 1. The summed E-state index contributed by atoms with van der Waals surface area (Å²) in [5.41, 5.74) is 0.589. The van der Waals surface area contributed by atoms with Gasteiger partial charge >= 0.3 is 5.97 Å². The van der Waals surface area contributed by atoms with Gasteiger partial charge in [-0.25, -0.2) is 4.79 Å². The Kier molecular flexibility index (Phi) is 5.80. The number of carboxylic acids is 1. The first-order valence-electron chi connectivity index (χ1n) is 5.57. The summed E-state index contributed by atoms with van der Waals surface area (Å²) in [4.78, 5) is 22.4. The number of amides is 1. The summed E-state index contributed by atoms with van der Waals surface area (Å²) in [5.74, 6) is -1.23. The Balaban J connectivity index is 2.66. The van der Waals surface area contributed by atoms with Crippen LogP contribution in [0.2, 0.25) is 0 Å². The largest absolute Gasteiger partial charge is 0.478 e. The summed E-state index contributed by atoms with van der Waals surface area (Å²) in [6.07, 6.45) is 0.952. The normalized spacial score (nSPS) is 10.1. The number of hydrogen-bond donors (Lipinski definition) is 3. The average Bonchev–Trinajstić information content (AvgIpc) is 2.28. The van der Waals surface area contributed by atoms with E-state index >= 15 is 0 Å². The minimum absolute atomic E-state index is 0.126. The van der Waals surface area contributed by atoms with E-state index in [4.69, 9.17) is 5.11 Å². The molecule has 3 N–H and O–H groups in total. The van der Waals surface area contributed by atoms with E-state index in [9.17, 15) is 9.59 Å². The fourth-order valence-electron chi connectivity index (χ4n) is 1.37. The van der Waals surface area contributed by atoms with Crippen LogP contribution in [0, 0.1) is 0 Å². The molecule has 1 aromatic carbocycles. The molecule has 0 unspecified atom stereocenters. The van der Waals surface area contributed by atoms with Gasteiger partial charge in [-0.1, -0.05) is 22.9 Å². The van der Waals surface area contributed by atoms with Gasteiger partial charge in [0.25, 0.3) is 0 Å². The van der Waals surface area contributed by atoms with Crippen molar-refractivity contribution in [2.75, 3.05) is 18.4 Å². The molecule has 0 radical (unpaired) electrons. The second kappa shape index (κ2) is 7.13. The Labute approximate surface area is 114 Å². The van der Waals surface area contributed by atoms with Gasteiger partial charge in [-0.05, 0) is 31.2 Å². The maximum Gasteiger partial charge on any atom is 0.335 e. The average molecular weight is 315 g/mol. The van der Waals surface area contributed by atoms with Gasteiger partial charge in [0.05, 0.1) is 12.1 Å². The van der Waals surface area contributed by atoms with Crippen LogP contribution in [0.15, 0.2) is 22.7 Å². The fourth-order valence-corrected chi connectivity index (χ4v) is 1.86. The highest BCUT2D eigenvalue weighted by molar-refractivity contribution is 9.10.